The van der Waals surface area contributed by atoms with Crippen molar-refractivity contribution in [2.45, 2.75) is 19.6 Å². The molecular formula is C10H9F4NO. The van der Waals surface area contributed by atoms with Crippen LogP contribution in [0.5, 0.6) is 0 Å². The molecule has 0 radical (unpaired) electrons. The third kappa shape index (κ3) is 3.22. The van der Waals surface area contributed by atoms with Gasteiger partial charge in [0, 0.05) is 19.0 Å². The van der Waals surface area contributed by atoms with Gasteiger partial charge in [0.2, 0.25) is 5.91 Å². The molecule has 88 valence electrons. The van der Waals surface area contributed by atoms with Crippen LogP contribution in [-0.4, -0.2) is 5.91 Å². The molecule has 1 aromatic rings. The van der Waals surface area contributed by atoms with Crippen molar-refractivity contribution in [3.8, 4) is 0 Å². The zero-order valence-electron chi connectivity index (χ0n) is 8.36. The number of hydrogen-bond acceptors (Lipinski definition) is 1. The molecule has 0 saturated heterocycles. The molecule has 0 aliphatic rings. The van der Waals surface area contributed by atoms with Crippen LogP contribution in [0.3, 0.4) is 0 Å². The summed E-state index contributed by atoms with van der Waals surface area (Å²) in [6.07, 6.45) is -4.52. The topological polar surface area (TPSA) is 29.1 Å². The lowest BCUT2D eigenvalue weighted by Crippen LogP contribution is -2.20. The van der Waals surface area contributed by atoms with E-state index in [9.17, 15) is 22.4 Å². The van der Waals surface area contributed by atoms with Crippen LogP contribution in [0, 0.1) is 5.82 Å². The molecule has 1 rings (SSSR count). The van der Waals surface area contributed by atoms with Crippen molar-refractivity contribution < 1.29 is 22.4 Å². The van der Waals surface area contributed by atoms with Crippen LogP contribution in [0.15, 0.2) is 18.2 Å². The summed E-state index contributed by atoms with van der Waals surface area (Å²) < 4.78 is 50.0. The van der Waals surface area contributed by atoms with Crippen molar-refractivity contribution in [3.63, 3.8) is 0 Å². The van der Waals surface area contributed by atoms with Gasteiger partial charge in [-0.05, 0) is 18.2 Å². The number of nitrogens with one attached hydrogen (secondary N) is 1. The first-order valence-electron chi connectivity index (χ1n) is 4.41. The zero-order valence-corrected chi connectivity index (χ0v) is 8.36. The molecule has 6 heteroatoms. The Morgan fingerprint density at radius 2 is 2.00 bits per heavy atom. The first-order chi connectivity index (χ1) is 7.30. The second kappa shape index (κ2) is 4.51. The highest BCUT2D eigenvalue weighted by atomic mass is 19.4. The van der Waals surface area contributed by atoms with Gasteiger partial charge in [-0.1, -0.05) is 0 Å². The van der Waals surface area contributed by atoms with E-state index in [1.54, 1.807) is 0 Å². The quantitative estimate of drug-likeness (QED) is 0.784. The Morgan fingerprint density at radius 1 is 1.38 bits per heavy atom. The number of amides is 1. The van der Waals surface area contributed by atoms with Crippen molar-refractivity contribution in [3.05, 3.63) is 35.1 Å². The zero-order chi connectivity index (χ0) is 12.3. The monoisotopic (exact) mass is 235 g/mol. The smallest absolute Gasteiger partial charge is 0.352 e. The van der Waals surface area contributed by atoms with Crippen LogP contribution in [0.1, 0.15) is 18.1 Å². The van der Waals surface area contributed by atoms with E-state index < -0.39 is 23.5 Å². The Morgan fingerprint density at radius 3 is 2.50 bits per heavy atom. The van der Waals surface area contributed by atoms with E-state index in [4.69, 9.17) is 0 Å². The van der Waals surface area contributed by atoms with E-state index >= 15 is 0 Å². The van der Waals surface area contributed by atoms with Crippen molar-refractivity contribution >= 4 is 5.91 Å². The summed E-state index contributed by atoms with van der Waals surface area (Å²) in [6.45, 7) is 0.941. The Labute approximate surface area is 89.3 Å². The van der Waals surface area contributed by atoms with Gasteiger partial charge in [0.1, 0.15) is 5.82 Å². The molecular weight excluding hydrogens is 226 g/mol. The first-order valence-corrected chi connectivity index (χ1v) is 4.41. The van der Waals surface area contributed by atoms with Crippen LogP contribution in [0.4, 0.5) is 17.6 Å². The van der Waals surface area contributed by atoms with Crippen molar-refractivity contribution in [2.75, 3.05) is 0 Å². The molecule has 0 fully saturated rings. The van der Waals surface area contributed by atoms with Crippen LogP contribution in [0.2, 0.25) is 0 Å². The van der Waals surface area contributed by atoms with Gasteiger partial charge in [0.15, 0.2) is 0 Å². The highest BCUT2D eigenvalue weighted by Crippen LogP contribution is 2.30. The highest BCUT2D eigenvalue weighted by Gasteiger charge is 2.30. The van der Waals surface area contributed by atoms with Gasteiger partial charge in [0.05, 0.1) is 5.56 Å². The van der Waals surface area contributed by atoms with Gasteiger partial charge in [0.25, 0.3) is 0 Å². The van der Waals surface area contributed by atoms with Crippen LogP contribution >= 0.6 is 0 Å². The number of benzene rings is 1. The normalized spacial score (nSPS) is 11.3. The predicted octanol–water partition coefficient (Wildman–Crippen LogP) is 2.48. The van der Waals surface area contributed by atoms with Crippen LogP contribution in [-0.2, 0) is 17.5 Å². The lowest BCUT2D eigenvalue weighted by molar-refractivity contribution is -0.137. The van der Waals surface area contributed by atoms with E-state index in [0.717, 1.165) is 6.07 Å². The number of hydrogen-bond donors (Lipinski definition) is 1. The average molecular weight is 235 g/mol. The molecule has 0 aromatic heterocycles. The van der Waals surface area contributed by atoms with E-state index in [0.29, 0.717) is 12.1 Å². The predicted molar refractivity (Wildman–Crippen MR) is 48.9 cm³/mol. The maximum atomic E-state index is 13.1. The molecule has 16 heavy (non-hydrogen) atoms. The average Bonchev–Trinajstić information content (AvgIpc) is 2.14. The molecule has 1 amide bonds. The largest absolute Gasteiger partial charge is 0.416 e. The lowest BCUT2D eigenvalue weighted by atomic mass is 10.1. The third-order valence-corrected chi connectivity index (χ3v) is 1.90. The molecule has 0 bridgehead atoms. The third-order valence-electron chi connectivity index (χ3n) is 1.90. The maximum Gasteiger partial charge on any atom is 0.416 e. The van der Waals surface area contributed by atoms with Gasteiger partial charge in [-0.2, -0.15) is 13.2 Å². The Hall–Kier alpha value is -1.59. The number of alkyl halides is 3. The van der Waals surface area contributed by atoms with Crippen LogP contribution in [0.25, 0.3) is 0 Å². The standard InChI is InChI=1S/C10H9F4NO/c1-6(16)15-5-7-4-8(10(12,13)14)2-3-9(7)11/h2-4H,5H2,1H3,(H,15,16). The number of halogens is 4. The number of carbonyl (C=O) groups is 1. The van der Waals surface area contributed by atoms with E-state index in [-0.39, 0.29) is 12.1 Å². The van der Waals surface area contributed by atoms with Gasteiger partial charge in [-0.25, -0.2) is 4.39 Å². The fourth-order valence-corrected chi connectivity index (χ4v) is 1.11. The number of carbonyl (C=O) groups excluding carboxylic acids is 1. The van der Waals surface area contributed by atoms with Gasteiger partial charge in [-0.15, -0.1) is 0 Å². The minimum atomic E-state index is -4.52. The van der Waals surface area contributed by atoms with E-state index in [2.05, 4.69) is 5.32 Å². The molecule has 0 aliphatic heterocycles. The second-order valence-corrected chi connectivity index (χ2v) is 3.21. The van der Waals surface area contributed by atoms with Gasteiger partial charge < -0.3 is 5.32 Å². The maximum absolute atomic E-state index is 13.1. The van der Waals surface area contributed by atoms with Crippen molar-refractivity contribution in [1.29, 1.82) is 0 Å². The Balaban J connectivity index is 2.95. The van der Waals surface area contributed by atoms with Gasteiger partial charge >= 0.3 is 6.18 Å². The van der Waals surface area contributed by atoms with Gasteiger partial charge in [-0.3, -0.25) is 4.79 Å². The molecule has 2 nitrogen and oxygen atoms in total. The second-order valence-electron chi connectivity index (χ2n) is 3.21. The molecule has 0 heterocycles. The SMILES string of the molecule is CC(=O)NCc1cc(C(F)(F)F)ccc1F. The summed E-state index contributed by atoms with van der Waals surface area (Å²) in [5.74, 6) is -1.21. The molecule has 0 aliphatic carbocycles. The summed E-state index contributed by atoms with van der Waals surface area (Å²) in [5, 5.41) is 2.24. The summed E-state index contributed by atoms with van der Waals surface area (Å²) in [5.41, 5.74) is -1.13. The molecule has 1 N–H and O–H groups in total. The van der Waals surface area contributed by atoms with Crippen molar-refractivity contribution in [2.24, 2.45) is 0 Å². The molecule has 0 unspecified atom stereocenters. The van der Waals surface area contributed by atoms with Crippen molar-refractivity contribution in [1.82, 2.24) is 5.32 Å². The Bertz CT molecular complexity index is 400. The Kier molecular flexibility index (Phi) is 3.51. The molecule has 0 spiro atoms. The fraction of sp³-hybridized carbons (Fsp3) is 0.300. The minimum absolute atomic E-state index is 0.190. The minimum Gasteiger partial charge on any atom is -0.352 e. The fourth-order valence-electron chi connectivity index (χ4n) is 1.11. The summed E-state index contributed by atoms with van der Waals surface area (Å²) in [6, 6.07) is 2.08. The summed E-state index contributed by atoms with van der Waals surface area (Å²) >= 11 is 0. The molecule has 0 atom stereocenters. The summed E-state index contributed by atoms with van der Waals surface area (Å²) in [7, 11) is 0. The lowest BCUT2D eigenvalue weighted by Gasteiger charge is -2.09. The molecule has 0 saturated carbocycles. The first kappa shape index (κ1) is 12.5. The summed E-state index contributed by atoms with van der Waals surface area (Å²) in [4.78, 5) is 10.6. The van der Waals surface area contributed by atoms with E-state index in [1.165, 1.54) is 6.92 Å². The highest BCUT2D eigenvalue weighted by molar-refractivity contribution is 5.72. The molecule has 1 aromatic carbocycles. The van der Waals surface area contributed by atoms with E-state index in [1.807, 2.05) is 0 Å². The van der Waals surface area contributed by atoms with Crippen LogP contribution < -0.4 is 5.32 Å². The number of rotatable bonds is 2.